The minimum Gasteiger partial charge on any atom is -0.273 e. The van der Waals surface area contributed by atoms with Crippen LogP contribution in [0.4, 0.5) is 0 Å². The van der Waals surface area contributed by atoms with Crippen LogP contribution in [0.25, 0.3) is 0 Å². The number of hydrogen-bond donors (Lipinski definition) is 1. The van der Waals surface area contributed by atoms with Gasteiger partial charge < -0.3 is 0 Å². The van der Waals surface area contributed by atoms with Gasteiger partial charge in [-0.05, 0) is 12.2 Å². The molecule has 1 heterocycles. The van der Waals surface area contributed by atoms with Crippen LogP contribution in [0.3, 0.4) is 0 Å². The predicted octanol–water partition coefficient (Wildman–Crippen LogP) is 1.25. The number of carbonyl (C=O) groups excluding carboxylic acids is 1. The Kier molecular flexibility index (Phi) is 4.14. The number of carbonyl (C=O) groups is 1. The van der Waals surface area contributed by atoms with Crippen molar-refractivity contribution in [3.8, 4) is 0 Å². The number of nitrogens with zero attached hydrogens (tertiary/aromatic N) is 1. The molecule has 0 aromatic rings. The highest BCUT2D eigenvalue weighted by atomic mass is 32.2. The van der Waals surface area contributed by atoms with Crippen molar-refractivity contribution in [3.05, 3.63) is 0 Å². The van der Waals surface area contributed by atoms with Gasteiger partial charge in [-0.2, -0.15) is 16.9 Å². The Hall–Kier alpha value is -0.510. The second-order valence-electron chi connectivity index (χ2n) is 2.79. The molecule has 0 saturated carbocycles. The van der Waals surface area contributed by atoms with Gasteiger partial charge in [0.1, 0.15) is 0 Å². The fraction of sp³-hybridized carbons (Fsp3) is 0.750. The summed E-state index contributed by atoms with van der Waals surface area (Å²) >= 11 is 1.94. The molecule has 1 aliphatic rings. The maximum Gasteiger partial charge on any atom is 0.239 e. The van der Waals surface area contributed by atoms with E-state index >= 15 is 0 Å². The van der Waals surface area contributed by atoms with Gasteiger partial charge in [-0.3, -0.25) is 4.79 Å². The summed E-state index contributed by atoms with van der Waals surface area (Å²) in [5.74, 6) is 2.91. The highest BCUT2D eigenvalue weighted by Crippen LogP contribution is 2.21. The van der Waals surface area contributed by atoms with E-state index in [0.717, 1.165) is 5.75 Å². The first-order valence-corrected chi connectivity index (χ1v) is 5.38. The Balaban J connectivity index is 2.16. The average Bonchev–Trinajstić information content (AvgIpc) is 2.57. The van der Waals surface area contributed by atoms with E-state index in [2.05, 4.69) is 10.5 Å². The zero-order chi connectivity index (χ0) is 8.81. The molecule has 0 radical (unpaired) electrons. The number of amides is 1. The van der Waals surface area contributed by atoms with Crippen LogP contribution in [0.15, 0.2) is 5.10 Å². The van der Waals surface area contributed by atoms with Crippen LogP contribution >= 0.6 is 11.8 Å². The zero-order valence-electron chi connectivity index (χ0n) is 7.25. The topological polar surface area (TPSA) is 41.5 Å². The Labute approximate surface area is 77.0 Å². The minimum atomic E-state index is -0.0168. The predicted molar refractivity (Wildman–Crippen MR) is 52.4 cm³/mol. The molecule has 0 spiro atoms. The molecule has 1 saturated heterocycles. The lowest BCUT2D eigenvalue weighted by atomic mass is 10.1. The second kappa shape index (κ2) is 5.19. The van der Waals surface area contributed by atoms with Gasteiger partial charge in [-0.25, -0.2) is 5.43 Å². The summed E-state index contributed by atoms with van der Waals surface area (Å²) in [5, 5.41) is 3.89. The first-order valence-electron chi connectivity index (χ1n) is 4.22. The fourth-order valence-corrected chi connectivity index (χ4v) is 2.16. The van der Waals surface area contributed by atoms with E-state index in [-0.39, 0.29) is 5.91 Å². The van der Waals surface area contributed by atoms with Crippen LogP contribution < -0.4 is 5.43 Å². The molecule has 0 aromatic carbocycles. The largest absolute Gasteiger partial charge is 0.273 e. The van der Waals surface area contributed by atoms with Crippen LogP contribution in [0.5, 0.6) is 0 Å². The molecule has 0 aromatic heterocycles. The summed E-state index contributed by atoms with van der Waals surface area (Å²) < 4.78 is 0. The van der Waals surface area contributed by atoms with Gasteiger partial charge in [-0.1, -0.05) is 6.92 Å². The number of nitrogens with one attached hydrogen (secondary N) is 1. The summed E-state index contributed by atoms with van der Waals surface area (Å²) in [6, 6.07) is 0. The minimum absolute atomic E-state index is 0.0168. The van der Waals surface area contributed by atoms with Crippen molar-refractivity contribution in [3.63, 3.8) is 0 Å². The molecule has 1 fully saturated rings. The van der Waals surface area contributed by atoms with E-state index in [0.29, 0.717) is 12.3 Å². The van der Waals surface area contributed by atoms with Crippen LogP contribution in [-0.4, -0.2) is 23.6 Å². The van der Waals surface area contributed by atoms with Gasteiger partial charge in [0.2, 0.25) is 5.91 Å². The van der Waals surface area contributed by atoms with E-state index in [4.69, 9.17) is 0 Å². The molecule has 68 valence electrons. The molecular formula is C8H14N2OS. The van der Waals surface area contributed by atoms with Gasteiger partial charge in [0.05, 0.1) is 0 Å². The van der Waals surface area contributed by atoms with E-state index in [1.165, 1.54) is 12.2 Å². The normalized spacial score (nSPS) is 23.2. The third-order valence-electron chi connectivity index (χ3n) is 1.76. The van der Waals surface area contributed by atoms with E-state index < -0.39 is 0 Å². The molecular weight excluding hydrogens is 172 g/mol. The van der Waals surface area contributed by atoms with Crippen LogP contribution in [0.1, 0.15) is 19.8 Å². The molecule has 1 aliphatic heterocycles. The highest BCUT2D eigenvalue weighted by molar-refractivity contribution is 7.99. The van der Waals surface area contributed by atoms with Crippen molar-refractivity contribution >= 4 is 23.9 Å². The lowest BCUT2D eigenvalue weighted by Gasteiger charge is -1.98. The van der Waals surface area contributed by atoms with Gasteiger partial charge in [-0.15, -0.1) is 0 Å². The summed E-state index contributed by atoms with van der Waals surface area (Å²) in [7, 11) is 0. The number of hydrogen-bond acceptors (Lipinski definition) is 3. The monoisotopic (exact) mass is 186 g/mol. The van der Waals surface area contributed by atoms with Gasteiger partial charge >= 0.3 is 0 Å². The van der Waals surface area contributed by atoms with E-state index in [9.17, 15) is 4.79 Å². The first-order chi connectivity index (χ1) is 5.83. The lowest BCUT2D eigenvalue weighted by molar-refractivity contribution is -0.120. The van der Waals surface area contributed by atoms with Crippen LogP contribution in [0, 0.1) is 5.92 Å². The van der Waals surface area contributed by atoms with Gasteiger partial charge in [0.15, 0.2) is 0 Å². The number of hydrazone groups is 1. The molecule has 12 heavy (non-hydrogen) atoms. The Bertz CT molecular complexity index is 176. The van der Waals surface area contributed by atoms with Crippen LogP contribution in [-0.2, 0) is 4.79 Å². The molecule has 1 unspecified atom stereocenters. The standard InChI is InChI=1S/C8H14N2OS/c1-2-8(11)10-9-5-7-3-4-12-6-7/h5,7H,2-4,6H2,1H3,(H,10,11)/b9-5+. The van der Waals surface area contributed by atoms with Crippen molar-refractivity contribution in [1.29, 1.82) is 0 Å². The summed E-state index contributed by atoms with van der Waals surface area (Å²) in [6.07, 6.45) is 3.54. The maximum absolute atomic E-state index is 10.8. The zero-order valence-corrected chi connectivity index (χ0v) is 8.06. The molecule has 1 rings (SSSR count). The second-order valence-corrected chi connectivity index (χ2v) is 3.94. The van der Waals surface area contributed by atoms with Crippen molar-refractivity contribution in [1.82, 2.24) is 5.43 Å². The van der Waals surface area contributed by atoms with E-state index in [1.54, 1.807) is 0 Å². The first kappa shape index (κ1) is 9.58. The molecule has 1 amide bonds. The average molecular weight is 186 g/mol. The number of rotatable bonds is 3. The Morgan fingerprint density at radius 2 is 2.67 bits per heavy atom. The molecule has 0 aliphatic carbocycles. The molecule has 0 bridgehead atoms. The molecule has 1 atom stereocenters. The quantitative estimate of drug-likeness (QED) is 0.532. The van der Waals surface area contributed by atoms with Gasteiger partial charge in [0.25, 0.3) is 0 Å². The fourth-order valence-electron chi connectivity index (χ4n) is 0.964. The molecule has 4 heteroatoms. The summed E-state index contributed by atoms with van der Waals surface area (Å²) in [4.78, 5) is 10.8. The Morgan fingerprint density at radius 1 is 1.83 bits per heavy atom. The van der Waals surface area contributed by atoms with Crippen molar-refractivity contribution in [2.45, 2.75) is 19.8 Å². The molecule has 3 nitrogen and oxygen atoms in total. The third kappa shape index (κ3) is 3.26. The SMILES string of the molecule is CCC(=O)N/N=C/C1CCSC1. The highest BCUT2D eigenvalue weighted by Gasteiger charge is 2.12. The maximum atomic E-state index is 10.8. The molecule has 1 N–H and O–H groups in total. The smallest absolute Gasteiger partial charge is 0.239 e. The van der Waals surface area contributed by atoms with Crippen molar-refractivity contribution in [2.24, 2.45) is 11.0 Å². The third-order valence-corrected chi connectivity index (χ3v) is 2.95. The number of thioether (sulfide) groups is 1. The van der Waals surface area contributed by atoms with Gasteiger partial charge in [0, 0.05) is 24.3 Å². The van der Waals surface area contributed by atoms with Crippen LogP contribution in [0.2, 0.25) is 0 Å². The van der Waals surface area contributed by atoms with Crippen molar-refractivity contribution < 1.29 is 4.79 Å². The van der Waals surface area contributed by atoms with E-state index in [1.807, 2.05) is 24.9 Å². The van der Waals surface area contributed by atoms with Crippen molar-refractivity contribution in [2.75, 3.05) is 11.5 Å². The Morgan fingerprint density at radius 3 is 3.25 bits per heavy atom. The summed E-state index contributed by atoms with van der Waals surface area (Å²) in [5.41, 5.74) is 2.48. The lowest BCUT2D eigenvalue weighted by Crippen LogP contribution is -2.16. The summed E-state index contributed by atoms with van der Waals surface area (Å²) in [6.45, 7) is 1.82.